The van der Waals surface area contributed by atoms with E-state index < -0.39 is 0 Å². The second-order valence-corrected chi connectivity index (χ2v) is 5.86. The SMILES string of the molecule is O=C(COc1ccc(Cl)cc1)NN=Cc1ccc(Cl)s1. The number of amides is 1. The van der Waals surface area contributed by atoms with E-state index >= 15 is 0 Å². The minimum Gasteiger partial charge on any atom is -0.484 e. The highest BCUT2D eigenvalue weighted by Gasteiger charge is 2.01. The summed E-state index contributed by atoms with van der Waals surface area (Å²) in [5.41, 5.74) is 2.37. The van der Waals surface area contributed by atoms with Gasteiger partial charge in [-0.25, -0.2) is 5.43 Å². The topological polar surface area (TPSA) is 50.7 Å². The fourth-order valence-corrected chi connectivity index (χ4v) is 2.34. The van der Waals surface area contributed by atoms with Crippen molar-refractivity contribution in [3.8, 4) is 5.75 Å². The van der Waals surface area contributed by atoms with Crippen LogP contribution in [0.5, 0.6) is 5.75 Å². The lowest BCUT2D eigenvalue weighted by Crippen LogP contribution is -2.24. The van der Waals surface area contributed by atoms with E-state index in [1.165, 1.54) is 17.6 Å². The Balaban J connectivity index is 1.75. The number of nitrogens with zero attached hydrogens (tertiary/aromatic N) is 1. The molecular weight excluding hydrogens is 319 g/mol. The Hall–Kier alpha value is -1.56. The van der Waals surface area contributed by atoms with Gasteiger partial charge in [-0.05, 0) is 36.4 Å². The molecule has 1 aromatic heterocycles. The Kier molecular flexibility index (Phi) is 5.40. The summed E-state index contributed by atoms with van der Waals surface area (Å²) >= 11 is 12.9. The smallest absolute Gasteiger partial charge is 0.277 e. The molecule has 4 nitrogen and oxygen atoms in total. The lowest BCUT2D eigenvalue weighted by atomic mass is 10.3. The number of nitrogens with one attached hydrogen (secondary N) is 1. The number of thiophene rings is 1. The van der Waals surface area contributed by atoms with Crippen molar-refractivity contribution in [2.24, 2.45) is 5.10 Å². The van der Waals surface area contributed by atoms with Crippen LogP contribution in [0.4, 0.5) is 0 Å². The zero-order valence-corrected chi connectivity index (χ0v) is 12.5. The molecule has 0 bridgehead atoms. The summed E-state index contributed by atoms with van der Waals surface area (Å²) < 4.78 is 5.94. The molecule has 7 heteroatoms. The van der Waals surface area contributed by atoms with Crippen LogP contribution in [0.25, 0.3) is 0 Å². The van der Waals surface area contributed by atoms with E-state index in [-0.39, 0.29) is 12.5 Å². The molecule has 20 heavy (non-hydrogen) atoms. The quantitative estimate of drug-likeness (QED) is 0.673. The predicted octanol–water partition coefficient (Wildman–Crippen LogP) is 3.58. The Morgan fingerprint density at radius 2 is 2.00 bits per heavy atom. The average Bonchev–Trinajstić information content (AvgIpc) is 2.84. The molecule has 0 saturated heterocycles. The van der Waals surface area contributed by atoms with Crippen molar-refractivity contribution < 1.29 is 9.53 Å². The molecule has 2 aromatic rings. The lowest BCUT2D eigenvalue weighted by molar-refractivity contribution is -0.123. The number of hydrogen-bond donors (Lipinski definition) is 1. The number of hydrazone groups is 1. The summed E-state index contributed by atoms with van der Waals surface area (Å²) in [7, 11) is 0. The number of hydrogen-bond acceptors (Lipinski definition) is 4. The maximum Gasteiger partial charge on any atom is 0.277 e. The molecule has 1 N–H and O–H groups in total. The van der Waals surface area contributed by atoms with Crippen molar-refractivity contribution in [1.29, 1.82) is 0 Å². The van der Waals surface area contributed by atoms with E-state index in [4.69, 9.17) is 27.9 Å². The molecule has 0 aliphatic carbocycles. The molecule has 0 spiro atoms. The van der Waals surface area contributed by atoms with Crippen molar-refractivity contribution in [2.75, 3.05) is 6.61 Å². The maximum absolute atomic E-state index is 11.5. The normalized spacial score (nSPS) is 10.7. The van der Waals surface area contributed by atoms with Gasteiger partial charge in [-0.2, -0.15) is 5.10 Å². The molecule has 0 atom stereocenters. The molecule has 0 aliphatic rings. The Bertz CT molecular complexity index is 611. The number of carbonyl (C=O) groups is 1. The molecule has 0 radical (unpaired) electrons. The van der Waals surface area contributed by atoms with Crippen LogP contribution in [0.15, 0.2) is 41.5 Å². The highest BCUT2D eigenvalue weighted by Crippen LogP contribution is 2.19. The molecule has 0 unspecified atom stereocenters. The monoisotopic (exact) mass is 328 g/mol. The number of rotatable bonds is 5. The van der Waals surface area contributed by atoms with Crippen LogP contribution >= 0.6 is 34.5 Å². The first-order valence-electron chi connectivity index (χ1n) is 5.59. The summed E-state index contributed by atoms with van der Waals surface area (Å²) in [6.45, 7) is -0.121. The fraction of sp³-hybridized carbons (Fsp3) is 0.0769. The molecule has 0 fully saturated rings. The second-order valence-electron chi connectivity index (χ2n) is 3.68. The second kappa shape index (κ2) is 7.28. The fourth-order valence-electron chi connectivity index (χ4n) is 1.28. The predicted molar refractivity (Wildman–Crippen MR) is 82.0 cm³/mol. The third-order valence-electron chi connectivity index (χ3n) is 2.16. The number of ether oxygens (including phenoxy) is 1. The molecular formula is C13H10Cl2N2O2S. The average molecular weight is 329 g/mol. The van der Waals surface area contributed by atoms with Gasteiger partial charge in [0.2, 0.25) is 0 Å². The first-order chi connectivity index (χ1) is 9.63. The third kappa shape index (κ3) is 4.85. The van der Waals surface area contributed by atoms with Crippen molar-refractivity contribution in [3.63, 3.8) is 0 Å². The van der Waals surface area contributed by atoms with Gasteiger partial charge in [-0.1, -0.05) is 23.2 Å². The van der Waals surface area contributed by atoms with Crippen LogP contribution < -0.4 is 10.2 Å². The summed E-state index contributed by atoms with van der Waals surface area (Å²) in [4.78, 5) is 12.3. The first kappa shape index (κ1) is 14.8. The summed E-state index contributed by atoms with van der Waals surface area (Å²) in [6, 6.07) is 10.3. The third-order valence-corrected chi connectivity index (χ3v) is 3.58. The highest BCUT2D eigenvalue weighted by molar-refractivity contribution is 7.17. The number of benzene rings is 1. The van der Waals surface area contributed by atoms with Gasteiger partial charge in [0.05, 0.1) is 10.6 Å². The summed E-state index contributed by atoms with van der Waals surface area (Å²) in [6.07, 6.45) is 1.52. The van der Waals surface area contributed by atoms with Crippen LogP contribution in [-0.2, 0) is 4.79 Å². The van der Waals surface area contributed by atoms with Gasteiger partial charge in [0, 0.05) is 9.90 Å². The van der Waals surface area contributed by atoms with Gasteiger partial charge in [-0.3, -0.25) is 4.79 Å². The lowest BCUT2D eigenvalue weighted by Gasteiger charge is -2.04. The minimum absolute atomic E-state index is 0.121. The first-order valence-corrected chi connectivity index (χ1v) is 7.16. The number of carbonyl (C=O) groups excluding carboxylic acids is 1. The molecule has 1 aromatic carbocycles. The molecule has 0 aliphatic heterocycles. The van der Waals surface area contributed by atoms with Crippen LogP contribution in [0.1, 0.15) is 4.88 Å². The molecule has 0 saturated carbocycles. The van der Waals surface area contributed by atoms with Crippen molar-refractivity contribution >= 4 is 46.7 Å². The van der Waals surface area contributed by atoms with Gasteiger partial charge < -0.3 is 4.74 Å². The minimum atomic E-state index is -0.348. The summed E-state index contributed by atoms with van der Waals surface area (Å²) in [5, 5.41) is 4.42. The van der Waals surface area contributed by atoms with Crippen molar-refractivity contribution in [3.05, 3.63) is 50.6 Å². The molecule has 1 heterocycles. The van der Waals surface area contributed by atoms with Crippen LogP contribution in [0.2, 0.25) is 9.36 Å². The number of halogens is 2. The van der Waals surface area contributed by atoms with Crippen LogP contribution in [0.3, 0.4) is 0 Å². The van der Waals surface area contributed by atoms with Gasteiger partial charge in [0.1, 0.15) is 5.75 Å². The zero-order chi connectivity index (χ0) is 14.4. The Labute approximate surface area is 130 Å². The Morgan fingerprint density at radius 3 is 2.65 bits per heavy atom. The van der Waals surface area contributed by atoms with Gasteiger partial charge in [0.25, 0.3) is 5.91 Å². The van der Waals surface area contributed by atoms with Gasteiger partial charge in [0.15, 0.2) is 6.61 Å². The largest absolute Gasteiger partial charge is 0.484 e. The van der Waals surface area contributed by atoms with E-state index in [0.29, 0.717) is 15.1 Å². The standard InChI is InChI=1S/C13H10Cl2N2O2S/c14-9-1-3-10(4-2-9)19-8-13(18)17-16-7-11-5-6-12(15)20-11/h1-7H,8H2,(H,17,18). The molecule has 1 amide bonds. The van der Waals surface area contributed by atoms with Crippen LogP contribution in [0, 0.1) is 0 Å². The zero-order valence-electron chi connectivity index (χ0n) is 10.2. The van der Waals surface area contributed by atoms with Crippen molar-refractivity contribution in [2.45, 2.75) is 0 Å². The van der Waals surface area contributed by atoms with E-state index in [2.05, 4.69) is 10.5 Å². The molecule has 2 rings (SSSR count). The van der Waals surface area contributed by atoms with E-state index in [9.17, 15) is 4.79 Å². The summed E-state index contributed by atoms with van der Waals surface area (Å²) in [5.74, 6) is 0.220. The van der Waals surface area contributed by atoms with E-state index in [1.54, 1.807) is 30.3 Å². The van der Waals surface area contributed by atoms with Crippen LogP contribution in [-0.4, -0.2) is 18.7 Å². The van der Waals surface area contributed by atoms with E-state index in [0.717, 1.165) is 4.88 Å². The molecule has 104 valence electrons. The van der Waals surface area contributed by atoms with E-state index in [1.807, 2.05) is 6.07 Å². The maximum atomic E-state index is 11.5. The van der Waals surface area contributed by atoms with Gasteiger partial charge >= 0.3 is 0 Å². The van der Waals surface area contributed by atoms with Crippen molar-refractivity contribution in [1.82, 2.24) is 5.43 Å². The highest BCUT2D eigenvalue weighted by atomic mass is 35.5. The Morgan fingerprint density at radius 1 is 1.25 bits per heavy atom. The van der Waals surface area contributed by atoms with Gasteiger partial charge in [-0.15, -0.1) is 11.3 Å².